The maximum Gasteiger partial charge on any atom is 0.329 e. The summed E-state index contributed by atoms with van der Waals surface area (Å²) in [5.41, 5.74) is 2.53. The number of nitrogens with zero attached hydrogens (tertiary/aromatic N) is 1. The molecular weight excluding hydrogens is 466 g/mol. The maximum absolute atomic E-state index is 13.0. The lowest BCUT2D eigenvalue weighted by molar-refractivity contribution is -0.150. The van der Waals surface area contributed by atoms with Crippen molar-refractivity contribution < 1.29 is 28.6 Å². The van der Waals surface area contributed by atoms with E-state index in [4.69, 9.17) is 14.2 Å². The number of allylic oxidation sites excluding steroid dienone is 1. The van der Waals surface area contributed by atoms with Crippen molar-refractivity contribution >= 4 is 35.0 Å². The molecular formula is C27H29NO6S. The zero-order valence-electron chi connectivity index (χ0n) is 20.1. The number of hydrogen-bond donors (Lipinski definition) is 0. The summed E-state index contributed by atoms with van der Waals surface area (Å²) in [6.07, 6.45) is 3.91. The molecule has 1 fully saturated rings. The Balaban J connectivity index is 1.93. The van der Waals surface area contributed by atoms with Crippen molar-refractivity contribution in [1.29, 1.82) is 0 Å². The lowest BCUT2D eigenvalue weighted by Gasteiger charge is -2.19. The van der Waals surface area contributed by atoms with Crippen molar-refractivity contribution in [3.8, 4) is 11.5 Å². The van der Waals surface area contributed by atoms with Gasteiger partial charge in [-0.2, -0.15) is 0 Å². The lowest BCUT2D eigenvalue weighted by atomic mass is 10.0. The van der Waals surface area contributed by atoms with Crippen molar-refractivity contribution in [3.63, 3.8) is 0 Å². The fourth-order valence-corrected chi connectivity index (χ4v) is 4.47. The van der Waals surface area contributed by atoms with E-state index in [0.29, 0.717) is 36.7 Å². The molecule has 184 valence electrons. The third-order valence-corrected chi connectivity index (χ3v) is 6.06. The fraction of sp³-hybridized carbons (Fsp3) is 0.296. The van der Waals surface area contributed by atoms with Crippen molar-refractivity contribution in [2.24, 2.45) is 0 Å². The molecule has 3 rings (SSSR count). The highest BCUT2D eigenvalue weighted by Crippen LogP contribution is 2.38. The molecule has 35 heavy (non-hydrogen) atoms. The highest BCUT2D eigenvalue weighted by Gasteiger charge is 2.41. The third-order valence-electron chi connectivity index (χ3n) is 5.18. The Morgan fingerprint density at radius 1 is 1.11 bits per heavy atom. The van der Waals surface area contributed by atoms with Gasteiger partial charge in [0.2, 0.25) is 0 Å². The van der Waals surface area contributed by atoms with E-state index >= 15 is 0 Å². The van der Waals surface area contributed by atoms with Crippen LogP contribution in [0.25, 0.3) is 6.08 Å². The highest BCUT2D eigenvalue weighted by atomic mass is 32.2. The molecule has 0 saturated carbocycles. The number of imide groups is 1. The second kappa shape index (κ2) is 12.3. The molecule has 0 unspecified atom stereocenters. The molecule has 2 aromatic carbocycles. The van der Waals surface area contributed by atoms with Gasteiger partial charge in [0, 0.05) is 5.56 Å². The van der Waals surface area contributed by atoms with Crippen LogP contribution in [0.4, 0.5) is 4.79 Å². The number of carbonyl (C=O) groups is 3. The summed E-state index contributed by atoms with van der Waals surface area (Å²) in [5.74, 6) is -0.0130. The van der Waals surface area contributed by atoms with E-state index in [1.807, 2.05) is 43.3 Å². The smallest absolute Gasteiger partial charge is 0.329 e. The Labute approximate surface area is 209 Å². The Kier molecular flexibility index (Phi) is 9.14. The zero-order chi connectivity index (χ0) is 25.4. The van der Waals surface area contributed by atoms with Gasteiger partial charge in [0.15, 0.2) is 11.5 Å². The van der Waals surface area contributed by atoms with Crippen LogP contribution in [0.15, 0.2) is 60.0 Å². The van der Waals surface area contributed by atoms with Crippen LogP contribution in [0, 0.1) is 0 Å². The summed E-state index contributed by atoms with van der Waals surface area (Å²) < 4.78 is 17.0. The van der Waals surface area contributed by atoms with Gasteiger partial charge in [-0.15, -0.1) is 6.58 Å². The van der Waals surface area contributed by atoms with Crippen LogP contribution in [-0.4, -0.2) is 41.3 Å². The molecule has 0 bridgehead atoms. The molecule has 1 aliphatic heterocycles. The first-order chi connectivity index (χ1) is 16.9. The average Bonchev–Trinajstić information content (AvgIpc) is 3.11. The minimum absolute atomic E-state index is 0.167. The molecule has 0 aromatic heterocycles. The largest absolute Gasteiger partial charge is 0.490 e. The predicted octanol–water partition coefficient (Wildman–Crippen LogP) is 5.38. The molecule has 1 aliphatic rings. The van der Waals surface area contributed by atoms with Gasteiger partial charge in [-0.1, -0.05) is 36.4 Å². The molecule has 1 atom stereocenters. The van der Waals surface area contributed by atoms with Gasteiger partial charge in [0.1, 0.15) is 12.6 Å². The van der Waals surface area contributed by atoms with E-state index in [9.17, 15) is 14.4 Å². The van der Waals surface area contributed by atoms with Gasteiger partial charge in [-0.3, -0.25) is 14.5 Å². The number of amides is 2. The molecule has 8 heteroatoms. The van der Waals surface area contributed by atoms with Gasteiger partial charge in [0.05, 0.1) is 18.1 Å². The molecule has 2 amide bonds. The van der Waals surface area contributed by atoms with Crippen molar-refractivity contribution in [2.75, 3.05) is 13.2 Å². The number of ether oxygens (including phenoxy) is 3. The van der Waals surface area contributed by atoms with Crippen molar-refractivity contribution in [3.05, 3.63) is 76.7 Å². The molecule has 0 spiro atoms. The topological polar surface area (TPSA) is 82.1 Å². The molecule has 0 N–H and O–H groups in total. The van der Waals surface area contributed by atoms with Crippen LogP contribution < -0.4 is 9.47 Å². The first-order valence-corrected chi connectivity index (χ1v) is 12.2. The number of esters is 1. The van der Waals surface area contributed by atoms with Gasteiger partial charge in [-0.25, -0.2) is 4.79 Å². The van der Waals surface area contributed by atoms with Gasteiger partial charge < -0.3 is 14.2 Å². The van der Waals surface area contributed by atoms with E-state index in [-0.39, 0.29) is 11.5 Å². The number of thioether (sulfide) groups is 1. The van der Waals surface area contributed by atoms with Gasteiger partial charge in [0.25, 0.3) is 11.1 Å². The van der Waals surface area contributed by atoms with Crippen LogP contribution in [0.3, 0.4) is 0 Å². The van der Waals surface area contributed by atoms with Crippen LogP contribution >= 0.6 is 11.8 Å². The van der Waals surface area contributed by atoms with E-state index in [0.717, 1.165) is 27.8 Å². The molecule has 1 heterocycles. The van der Waals surface area contributed by atoms with E-state index in [2.05, 4.69) is 6.58 Å². The monoisotopic (exact) mass is 495 g/mol. The Morgan fingerprint density at radius 3 is 2.51 bits per heavy atom. The van der Waals surface area contributed by atoms with Gasteiger partial charge in [-0.05, 0) is 68.3 Å². The predicted molar refractivity (Wildman–Crippen MR) is 136 cm³/mol. The van der Waals surface area contributed by atoms with Crippen molar-refractivity contribution in [1.82, 2.24) is 4.90 Å². The summed E-state index contributed by atoms with van der Waals surface area (Å²) in [6, 6.07) is 12.5. The number of hydrogen-bond acceptors (Lipinski definition) is 7. The summed E-state index contributed by atoms with van der Waals surface area (Å²) in [7, 11) is 0. The Hall–Kier alpha value is -3.52. The SMILES string of the molecule is C=CCc1cc(/C=C2/SC(=O)N([C@@H](C)C(=O)OCC)C2=O)cc(OCC)c1OCc1ccccc1. The normalized spacial score (nSPS) is 15.3. The minimum atomic E-state index is -1.00. The third kappa shape index (κ3) is 6.33. The number of rotatable bonds is 11. The van der Waals surface area contributed by atoms with Crippen molar-refractivity contribution in [2.45, 2.75) is 39.8 Å². The summed E-state index contributed by atoms with van der Waals surface area (Å²) in [5, 5.41) is -0.513. The van der Waals surface area contributed by atoms with E-state index in [1.165, 1.54) is 6.92 Å². The van der Waals surface area contributed by atoms with Crippen LogP contribution in [-0.2, 0) is 27.4 Å². The summed E-state index contributed by atoms with van der Waals surface area (Å²) >= 11 is 0.789. The van der Waals surface area contributed by atoms with Crippen LogP contribution in [0.2, 0.25) is 0 Å². The number of benzene rings is 2. The first-order valence-electron chi connectivity index (χ1n) is 11.4. The standard InChI is InChI=1S/C27H29NO6S/c1-5-11-21-14-20(15-22(32-6-2)24(21)34-17-19-12-9-8-10-13-19)16-23-25(29)28(27(31)35-23)18(4)26(30)33-7-3/h5,8-10,12-16,18H,1,6-7,11,17H2,2-4H3/b23-16+/t18-/m0/s1. The summed E-state index contributed by atoms with van der Waals surface area (Å²) in [6.45, 7) is 9.83. The second-order valence-corrected chi connectivity index (χ2v) is 8.68. The van der Waals surface area contributed by atoms with Crippen LogP contribution in [0.1, 0.15) is 37.5 Å². The van der Waals surface area contributed by atoms with Gasteiger partial charge >= 0.3 is 5.97 Å². The highest BCUT2D eigenvalue weighted by molar-refractivity contribution is 8.18. The minimum Gasteiger partial charge on any atom is -0.490 e. The molecule has 2 aromatic rings. The molecule has 7 nitrogen and oxygen atoms in total. The second-order valence-electron chi connectivity index (χ2n) is 7.69. The zero-order valence-corrected chi connectivity index (χ0v) is 20.9. The Bertz CT molecular complexity index is 1130. The lowest BCUT2D eigenvalue weighted by Crippen LogP contribution is -2.42. The fourth-order valence-electron chi connectivity index (χ4n) is 3.56. The van der Waals surface area contributed by atoms with E-state index in [1.54, 1.807) is 25.1 Å². The number of carbonyl (C=O) groups excluding carboxylic acids is 3. The maximum atomic E-state index is 13.0. The van der Waals surface area contributed by atoms with Crippen LogP contribution in [0.5, 0.6) is 11.5 Å². The molecule has 1 saturated heterocycles. The molecule has 0 aliphatic carbocycles. The molecule has 0 radical (unpaired) electrons. The average molecular weight is 496 g/mol. The Morgan fingerprint density at radius 2 is 1.86 bits per heavy atom. The van der Waals surface area contributed by atoms with E-state index < -0.39 is 23.2 Å². The quantitative estimate of drug-likeness (QED) is 0.235. The summed E-state index contributed by atoms with van der Waals surface area (Å²) in [4.78, 5) is 38.7. The first kappa shape index (κ1) is 26.1.